The summed E-state index contributed by atoms with van der Waals surface area (Å²) in [6.07, 6.45) is 3.15. The van der Waals surface area contributed by atoms with Gasteiger partial charge in [-0.3, -0.25) is 4.79 Å². The van der Waals surface area contributed by atoms with E-state index >= 15 is 0 Å². The molecule has 4 rings (SSSR count). The van der Waals surface area contributed by atoms with Crippen LogP contribution in [0.3, 0.4) is 0 Å². The first-order chi connectivity index (χ1) is 11.2. The van der Waals surface area contributed by atoms with E-state index in [0.29, 0.717) is 6.54 Å². The average Bonchev–Trinajstić information content (AvgIpc) is 2.97. The largest absolute Gasteiger partial charge is 0.399 e. The molecule has 1 saturated carbocycles. The van der Waals surface area contributed by atoms with Crippen LogP contribution in [0, 0.1) is 5.92 Å². The Labute approximate surface area is 136 Å². The van der Waals surface area contributed by atoms with Gasteiger partial charge in [-0.2, -0.15) is 0 Å². The molecule has 1 fully saturated rings. The maximum atomic E-state index is 13.1. The van der Waals surface area contributed by atoms with Crippen LogP contribution in [-0.4, -0.2) is 11.9 Å². The van der Waals surface area contributed by atoms with E-state index in [9.17, 15) is 4.79 Å². The first-order valence-electron chi connectivity index (χ1n) is 8.24. The molecule has 2 aromatic rings. The van der Waals surface area contributed by atoms with Gasteiger partial charge in [-0.05, 0) is 42.7 Å². The Kier molecular flexibility index (Phi) is 3.45. The third-order valence-electron chi connectivity index (χ3n) is 4.93. The van der Waals surface area contributed by atoms with Gasteiger partial charge in [-0.15, -0.1) is 0 Å². The highest BCUT2D eigenvalue weighted by Gasteiger charge is 2.39. The van der Waals surface area contributed by atoms with Crippen molar-refractivity contribution < 1.29 is 4.79 Å². The average molecular weight is 307 g/mol. The summed E-state index contributed by atoms with van der Waals surface area (Å²) in [5.74, 6) is 0.302. The Hall–Kier alpha value is -2.49. The smallest absolute Gasteiger partial charge is 0.232 e. The second kappa shape index (κ2) is 5.61. The van der Waals surface area contributed by atoms with E-state index in [0.717, 1.165) is 41.9 Å². The first-order valence-corrected chi connectivity index (χ1v) is 8.24. The van der Waals surface area contributed by atoms with Crippen LogP contribution in [0.1, 0.15) is 24.8 Å². The lowest BCUT2D eigenvalue weighted by molar-refractivity contribution is -0.122. The normalized spacial score (nSPS) is 23.0. The van der Waals surface area contributed by atoms with E-state index < -0.39 is 0 Å². The first kappa shape index (κ1) is 14.1. The summed E-state index contributed by atoms with van der Waals surface area (Å²) in [6, 6.07) is 16.1. The summed E-state index contributed by atoms with van der Waals surface area (Å²) in [6.45, 7) is 0.561. The molecule has 0 saturated heterocycles. The van der Waals surface area contributed by atoms with Crippen molar-refractivity contribution >= 4 is 23.0 Å². The molecular weight excluding hydrogens is 286 g/mol. The molecule has 4 heteroatoms. The number of nitrogens with one attached hydrogen (secondary N) is 1. The summed E-state index contributed by atoms with van der Waals surface area (Å²) < 4.78 is 0. The fourth-order valence-corrected chi connectivity index (χ4v) is 3.82. The van der Waals surface area contributed by atoms with Gasteiger partial charge in [-0.25, -0.2) is 0 Å². The zero-order chi connectivity index (χ0) is 15.8. The number of fused-ring (bicyclic) bond motifs is 2. The van der Waals surface area contributed by atoms with Crippen molar-refractivity contribution in [3.63, 3.8) is 0 Å². The van der Waals surface area contributed by atoms with Gasteiger partial charge in [-0.1, -0.05) is 30.7 Å². The predicted molar refractivity (Wildman–Crippen MR) is 93.2 cm³/mol. The fraction of sp³-hybridized carbons (Fsp3) is 0.316. The molecule has 0 spiro atoms. The van der Waals surface area contributed by atoms with Crippen LogP contribution < -0.4 is 16.0 Å². The van der Waals surface area contributed by atoms with Crippen molar-refractivity contribution in [3.05, 3.63) is 54.1 Å². The minimum Gasteiger partial charge on any atom is -0.399 e. The van der Waals surface area contributed by atoms with Gasteiger partial charge in [0, 0.05) is 11.7 Å². The van der Waals surface area contributed by atoms with Gasteiger partial charge >= 0.3 is 0 Å². The number of nitrogens with zero attached hydrogens (tertiary/aromatic N) is 1. The number of para-hydroxylation sites is 2. The Balaban J connectivity index is 1.74. The van der Waals surface area contributed by atoms with Crippen molar-refractivity contribution in [1.29, 1.82) is 0 Å². The third kappa shape index (κ3) is 2.54. The van der Waals surface area contributed by atoms with Gasteiger partial charge in [0.25, 0.3) is 0 Å². The highest BCUT2D eigenvalue weighted by molar-refractivity contribution is 6.00. The second-order valence-electron chi connectivity index (χ2n) is 6.47. The molecule has 118 valence electrons. The van der Waals surface area contributed by atoms with Crippen LogP contribution in [0.15, 0.2) is 48.5 Å². The molecule has 3 N–H and O–H groups in total. The molecular formula is C19H21N3O. The monoisotopic (exact) mass is 307 g/mol. The van der Waals surface area contributed by atoms with E-state index in [1.165, 1.54) is 0 Å². The molecule has 23 heavy (non-hydrogen) atoms. The number of nitrogen functional groups attached to an aromatic ring is 1. The van der Waals surface area contributed by atoms with Gasteiger partial charge in [0.2, 0.25) is 5.91 Å². The maximum Gasteiger partial charge on any atom is 0.232 e. The lowest BCUT2D eigenvalue weighted by Crippen LogP contribution is -2.38. The number of benzene rings is 2. The third-order valence-corrected chi connectivity index (χ3v) is 4.93. The van der Waals surface area contributed by atoms with Gasteiger partial charge in [0.15, 0.2) is 0 Å². The summed E-state index contributed by atoms with van der Waals surface area (Å²) in [4.78, 5) is 15.1. The Bertz CT molecular complexity index is 743. The summed E-state index contributed by atoms with van der Waals surface area (Å²) in [7, 11) is 0. The van der Waals surface area contributed by atoms with Crippen LogP contribution >= 0.6 is 0 Å². The predicted octanol–water partition coefficient (Wildman–Crippen LogP) is 3.40. The number of hydrogen-bond acceptors (Lipinski definition) is 3. The molecule has 1 heterocycles. The number of anilines is 3. The van der Waals surface area contributed by atoms with Crippen LogP contribution in [0.2, 0.25) is 0 Å². The number of amides is 1. The molecule has 2 aliphatic rings. The number of hydrogen-bond donors (Lipinski definition) is 2. The van der Waals surface area contributed by atoms with Crippen LogP contribution in [0.5, 0.6) is 0 Å². The molecule has 4 nitrogen and oxygen atoms in total. The molecule has 1 aliphatic carbocycles. The Morgan fingerprint density at radius 2 is 2.00 bits per heavy atom. The van der Waals surface area contributed by atoms with Gasteiger partial charge in [0.05, 0.1) is 23.8 Å². The molecule has 2 aromatic carbocycles. The van der Waals surface area contributed by atoms with Crippen molar-refractivity contribution in [2.75, 3.05) is 16.0 Å². The van der Waals surface area contributed by atoms with E-state index in [2.05, 4.69) is 11.4 Å². The molecule has 1 aliphatic heterocycles. The number of rotatable bonds is 2. The molecule has 2 atom stereocenters. The number of carbonyl (C=O) groups is 1. The summed E-state index contributed by atoms with van der Waals surface area (Å²) >= 11 is 0. The maximum absolute atomic E-state index is 13.1. The van der Waals surface area contributed by atoms with Crippen LogP contribution in [0.4, 0.5) is 17.1 Å². The number of nitrogens with two attached hydrogens (primary N) is 1. The lowest BCUT2D eigenvalue weighted by atomic mass is 10.0. The van der Waals surface area contributed by atoms with Crippen LogP contribution in [-0.2, 0) is 11.3 Å². The lowest BCUT2D eigenvalue weighted by Gasteiger charge is -2.25. The zero-order valence-electron chi connectivity index (χ0n) is 13.0. The fourth-order valence-electron chi connectivity index (χ4n) is 3.82. The van der Waals surface area contributed by atoms with Crippen molar-refractivity contribution in [1.82, 2.24) is 0 Å². The Morgan fingerprint density at radius 1 is 1.13 bits per heavy atom. The SMILES string of the molecule is Nc1cccc(CN2C(=O)C3CCCC3Nc3ccccc32)c1. The highest BCUT2D eigenvalue weighted by Crippen LogP contribution is 2.39. The highest BCUT2D eigenvalue weighted by atomic mass is 16.2. The molecule has 0 bridgehead atoms. The standard InChI is InChI=1S/C19H21N3O/c20-14-6-3-5-13(11-14)12-22-18-10-2-1-8-17(18)21-16-9-4-7-15(16)19(22)23/h1-3,5-6,8,10-11,15-16,21H,4,7,9,12,20H2. The minimum absolute atomic E-state index is 0.0726. The molecule has 0 aromatic heterocycles. The summed E-state index contributed by atoms with van der Waals surface area (Å²) in [5.41, 5.74) is 9.71. The van der Waals surface area contributed by atoms with Crippen molar-refractivity contribution in [2.24, 2.45) is 5.92 Å². The van der Waals surface area contributed by atoms with Crippen molar-refractivity contribution in [2.45, 2.75) is 31.8 Å². The number of carbonyl (C=O) groups excluding carboxylic acids is 1. The summed E-state index contributed by atoms with van der Waals surface area (Å²) in [5, 5.41) is 3.59. The van der Waals surface area contributed by atoms with Gasteiger partial charge in [0.1, 0.15) is 0 Å². The second-order valence-corrected chi connectivity index (χ2v) is 6.47. The van der Waals surface area contributed by atoms with E-state index in [4.69, 9.17) is 5.73 Å². The molecule has 0 radical (unpaired) electrons. The minimum atomic E-state index is 0.0726. The molecule has 1 amide bonds. The Morgan fingerprint density at radius 3 is 2.87 bits per heavy atom. The molecule has 2 unspecified atom stereocenters. The van der Waals surface area contributed by atoms with Crippen LogP contribution in [0.25, 0.3) is 0 Å². The van der Waals surface area contributed by atoms with E-state index in [-0.39, 0.29) is 17.9 Å². The van der Waals surface area contributed by atoms with Crippen molar-refractivity contribution in [3.8, 4) is 0 Å². The quantitative estimate of drug-likeness (QED) is 0.836. The topological polar surface area (TPSA) is 58.4 Å². The zero-order valence-corrected chi connectivity index (χ0v) is 13.0. The van der Waals surface area contributed by atoms with E-state index in [1.54, 1.807) is 0 Å². The van der Waals surface area contributed by atoms with E-state index in [1.807, 2.05) is 47.4 Å². The van der Waals surface area contributed by atoms with Gasteiger partial charge < -0.3 is 16.0 Å².